The van der Waals surface area contributed by atoms with Gasteiger partial charge in [-0.1, -0.05) is 26.8 Å². The van der Waals surface area contributed by atoms with Gasteiger partial charge in [0, 0.05) is 54.6 Å². The van der Waals surface area contributed by atoms with Gasteiger partial charge in [-0.15, -0.1) is 0 Å². The van der Waals surface area contributed by atoms with Gasteiger partial charge in [0.1, 0.15) is 5.75 Å². The van der Waals surface area contributed by atoms with Crippen LogP contribution in [0.25, 0.3) is 21.9 Å². The lowest BCUT2D eigenvalue weighted by Crippen LogP contribution is -2.30. The van der Waals surface area contributed by atoms with Crippen LogP contribution in [0.15, 0.2) is 41.2 Å². The topological polar surface area (TPSA) is 101 Å². The molecule has 1 saturated heterocycles. The Labute approximate surface area is 219 Å². The molecule has 1 aliphatic rings. The Hall–Kier alpha value is -2.88. The van der Waals surface area contributed by atoms with E-state index in [4.69, 9.17) is 9.47 Å². The van der Waals surface area contributed by atoms with Gasteiger partial charge in [0.25, 0.3) is 5.56 Å². The summed E-state index contributed by atoms with van der Waals surface area (Å²) in [5.74, 6) is 1.04. The number of benzene rings is 2. The van der Waals surface area contributed by atoms with Crippen LogP contribution in [-0.4, -0.2) is 53.5 Å². The van der Waals surface area contributed by atoms with Crippen LogP contribution in [-0.2, 0) is 26.8 Å². The van der Waals surface area contributed by atoms with E-state index in [-0.39, 0.29) is 16.9 Å². The Morgan fingerprint density at radius 2 is 1.84 bits per heavy atom. The molecule has 2 aromatic carbocycles. The van der Waals surface area contributed by atoms with Crippen molar-refractivity contribution in [2.75, 3.05) is 45.0 Å². The molecule has 9 heteroatoms. The van der Waals surface area contributed by atoms with E-state index in [1.807, 2.05) is 12.1 Å². The number of hydrogen-bond acceptors (Lipinski definition) is 6. The van der Waals surface area contributed by atoms with Crippen molar-refractivity contribution in [3.05, 3.63) is 58.0 Å². The average molecular weight is 528 g/mol. The van der Waals surface area contributed by atoms with Gasteiger partial charge in [0.2, 0.25) is 10.0 Å². The van der Waals surface area contributed by atoms with Crippen molar-refractivity contribution in [2.24, 2.45) is 5.92 Å². The molecule has 1 aromatic heterocycles. The number of aromatic amines is 1. The van der Waals surface area contributed by atoms with E-state index < -0.39 is 10.0 Å². The molecule has 0 spiro atoms. The first kappa shape index (κ1) is 27.2. The Balaban J connectivity index is 1.81. The molecule has 1 atom stereocenters. The van der Waals surface area contributed by atoms with Crippen molar-refractivity contribution >= 4 is 26.5 Å². The zero-order valence-corrected chi connectivity index (χ0v) is 23.3. The largest absolute Gasteiger partial charge is 0.496 e. The second-order valence-electron chi connectivity index (χ2n) is 10.9. The van der Waals surface area contributed by atoms with Gasteiger partial charge in [-0.05, 0) is 59.0 Å². The Morgan fingerprint density at radius 3 is 2.46 bits per heavy atom. The number of fused-ring (bicyclic) bond motifs is 1. The van der Waals surface area contributed by atoms with Crippen LogP contribution in [0.3, 0.4) is 0 Å². The predicted molar refractivity (Wildman–Crippen MR) is 149 cm³/mol. The molecule has 1 aliphatic heterocycles. The van der Waals surface area contributed by atoms with Gasteiger partial charge < -0.3 is 19.4 Å². The molecule has 2 N–H and O–H groups in total. The molecule has 2 heterocycles. The van der Waals surface area contributed by atoms with Crippen molar-refractivity contribution in [2.45, 2.75) is 39.2 Å². The maximum absolute atomic E-state index is 13.1. The number of hydrogen-bond donors (Lipinski definition) is 2. The SMILES string of the molecule is COCc1ccc(-c2cc(C(C)(C)C)c(OC)c3cc(N4CC[C@H](CNS(C)(=O)=O)C4)ccc23)c(=O)[nH]1. The zero-order chi connectivity index (χ0) is 27.0. The molecule has 3 aromatic rings. The fraction of sp³-hybridized carbons (Fsp3) is 0.464. The number of rotatable bonds is 8. The Bertz CT molecular complexity index is 1460. The van der Waals surface area contributed by atoms with Crippen LogP contribution in [0.5, 0.6) is 5.75 Å². The van der Waals surface area contributed by atoms with Crippen molar-refractivity contribution in [1.29, 1.82) is 0 Å². The van der Waals surface area contributed by atoms with Crippen LogP contribution >= 0.6 is 0 Å². The molecule has 0 aliphatic carbocycles. The van der Waals surface area contributed by atoms with Crippen LogP contribution in [0.4, 0.5) is 5.69 Å². The molecule has 0 amide bonds. The number of anilines is 1. The normalized spacial score (nSPS) is 16.5. The fourth-order valence-corrected chi connectivity index (χ4v) is 5.59. The molecule has 0 radical (unpaired) electrons. The third-order valence-corrected chi connectivity index (χ3v) is 7.62. The molecule has 0 saturated carbocycles. The van der Waals surface area contributed by atoms with E-state index in [9.17, 15) is 13.2 Å². The summed E-state index contributed by atoms with van der Waals surface area (Å²) < 4.78 is 36.8. The van der Waals surface area contributed by atoms with Gasteiger partial charge in [-0.3, -0.25) is 4.79 Å². The summed E-state index contributed by atoms with van der Waals surface area (Å²) in [6.07, 6.45) is 2.10. The van der Waals surface area contributed by atoms with E-state index in [1.54, 1.807) is 14.2 Å². The minimum Gasteiger partial charge on any atom is -0.496 e. The summed E-state index contributed by atoms with van der Waals surface area (Å²) in [7, 11) is 0.0732. The van der Waals surface area contributed by atoms with Crippen LogP contribution in [0.2, 0.25) is 0 Å². The Morgan fingerprint density at radius 1 is 1.08 bits per heavy atom. The van der Waals surface area contributed by atoms with Crippen LogP contribution < -0.4 is 19.9 Å². The van der Waals surface area contributed by atoms with E-state index in [2.05, 4.69) is 59.6 Å². The molecule has 8 nitrogen and oxygen atoms in total. The minimum atomic E-state index is -3.21. The minimum absolute atomic E-state index is 0.161. The maximum Gasteiger partial charge on any atom is 0.256 e. The third-order valence-electron chi connectivity index (χ3n) is 6.93. The van der Waals surface area contributed by atoms with E-state index in [0.717, 1.165) is 58.5 Å². The van der Waals surface area contributed by atoms with Gasteiger partial charge in [0.15, 0.2) is 0 Å². The molecule has 0 bridgehead atoms. The smallest absolute Gasteiger partial charge is 0.256 e. The third kappa shape index (κ3) is 6.00. The fourth-order valence-electron chi connectivity index (χ4n) is 5.05. The van der Waals surface area contributed by atoms with Crippen molar-refractivity contribution < 1.29 is 17.9 Å². The highest BCUT2D eigenvalue weighted by Gasteiger charge is 2.27. The molecule has 1 fully saturated rings. The summed E-state index contributed by atoms with van der Waals surface area (Å²) in [4.78, 5) is 18.3. The quantitative estimate of drug-likeness (QED) is 0.459. The lowest BCUT2D eigenvalue weighted by Gasteiger charge is -2.26. The average Bonchev–Trinajstić information content (AvgIpc) is 3.30. The van der Waals surface area contributed by atoms with Crippen molar-refractivity contribution in [3.8, 4) is 16.9 Å². The molecular formula is C28H37N3O5S. The van der Waals surface area contributed by atoms with Gasteiger partial charge in [-0.25, -0.2) is 13.1 Å². The lowest BCUT2D eigenvalue weighted by molar-refractivity contribution is 0.181. The Kier molecular flexibility index (Phi) is 7.69. The van der Waals surface area contributed by atoms with Gasteiger partial charge >= 0.3 is 0 Å². The first-order valence-corrected chi connectivity index (χ1v) is 14.4. The van der Waals surface area contributed by atoms with Crippen LogP contribution in [0.1, 0.15) is 38.4 Å². The molecular weight excluding hydrogens is 490 g/mol. The number of nitrogens with zero attached hydrogens (tertiary/aromatic N) is 1. The van der Waals surface area contributed by atoms with Crippen LogP contribution in [0, 0.1) is 5.92 Å². The van der Waals surface area contributed by atoms with Gasteiger partial charge in [-0.2, -0.15) is 0 Å². The summed E-state index contributed by atoms with van der Waals surface area (Å²) >= 11 is 0. The summed E-state index contributed by atoms with van der Waals surface area (Å²) in [6.45, 7) is 8.79. The number of methoxy groups -OCH3 is 2. The molecule has 37 heavy (non-hydrogen) atoms. The molecule has 200 valence electrons. The number of ether oxygens (including phenoxy) is 2. The monoisotopic (exact) mass is 527 g/mol. The van der Waals surface area contributed by atoms with Gasteiger partial charge in [0.05, 0.1) is 20.0 Å². The van der Waals surface area contributed by atoms with E-state index >= 15 is 0 Å². The highest BCUT2D eigenvalue weighted by Crippen LogP contribution is 2.43. The number of sulfonamides is 1. The summed E-state index contributed by atoms with van der Waals surface area (Å²) in [5, 5.41) is 1.88. The first-order valence-electron chi connectivity index (χ1n) is 12.5. The standard InChI is InChI=1S/C28H37N3O5S/c1-28(2,3)25-14-23(22-9-7-19(17-35-4)30-27(22)32)21-10-8-20(13-24(21)26(25)36-5)31-12-11-18(16-31)15-29-37(6,33)34/h7-10,13-14,18,29H,11-12,15-17H2,1-6H3,(H,30,32)/t18-/m1/s1. The summed E-state index contributed by atoms with van der Waals surface area (Å²) in [6, 6.07) is 12.1. The maximum atomic E-state index is 13.1. The number of aromatic nitrogens is 1. The second kappa shape index (κ2) is 10.5. The number of nitrogens with one attached hydrogen (secondary N) is 2. The lowest BCUT2D eigenvalue weighted by atomic mass is 9.82. The second-order valence-corrected chi connectivity index (χ2v) is 12.7. The zero-order valence-electron chi connectivity index (χ0n) is 22.5. The van der Waals surface area contributed by atoms with Crippen molar-refractivity contribution in [3.63, 3.8) is 0 Å². The van der Waals surface area contributed by atoms with E-state index in [1.165, 1.54) is 6.26 Å². The first-order chi connectivity index (χ1) is 17.4. The predicted octanol–water partition coefficient (Wildman–Crippen LogP) is 4.02. The summed E-state index contributed by atoms with van der Waals surface area (Å²) in [5.41, 5.74) is 3.86. The number of H-pyrrole nitrogens is 1. The van der Waals surface area contributed by atoms with Crippen molar-refractivity contribution in [1.82, 2.24) is 9.71 Å². The highest BCUT2D eigenvalue weighted by molar-refractivity contribution is 7.88. The highest BCUT2D eigenvalue weighted by atomic mass is 32.2. The molecule has 0 unspecified atom stereocenters. The van der Waals surface area contributed by atoms with E-state index in [0.29, 0.717) is 18.7 Å². The molecule has 4 rings (SSSR count). The number of pyridine rings is 1.